The zero-order valence-electron chi connectivity index (χ0n) is 11.9. The number of benzene rings is 2. The van der Waals surface area contributed by atoms with Gasteiger partial charge in [-0.1, -0.05) is 30.3 Å². The maximum atomic E-state index is 13.3. The van der Waals surface area contributed by atoms with Gasteiger partial charge in [-0.3, -0.25) is 4.79 Å². The Hall–Kier alpha value is -2.16. The Bertz CT molecular complexity index is 645. The van der Waals surface area contributed by atoms with Crippen LogP contribution in [0.5, 0.6) is 0 Å². The number of aryl methyl sites for hydroxylation is 1. The van der Waals surface area contributed by atoms with Crippen LogP contribution in [0.1, 0.15) is 25.0 Å². The zero-order valence-corrected chi connectivity index (χ0v) is 11.9. The molecule has 2 rings (SSSR count). The van der Waals surface area contributed by atoms with E-state index in [-0.39, 0.29) is 11.7 Å². The molecule has 0 atom stereocenters. The summed E-state index contributed by atoms with van der Waals surface area (Å²) in [6, 6.07) is 12.6. The second kappa shape index (κ2) is 5.08. The minimum atomic E-state index is -0.697. The number of rotatable bonds is 3. The summed E-state index contributed by atoms with van der Waals surface area (Å²) in [6.45, 7) is 5.34. The van der Waals surface area contributed by atoms with Gasteiger partial charge < -0.3 is 5.73 Å². The van der Waals surface area contributed by atoms with Gasteiger partial charge in [-0.15, -0.1) is 0 Å². The van der Waals surface area contributed by atoms with E-state index in [1.54, 1.807) is 26.8 Å². The molecule has 0 aromatic heterocycles. The van der Waals surface area contributed by atoms with Crippen LogP contribution in [0.25, 0.3) is 11.1 Å². The molecule has 1 amide bonds. The number of primary amides is 1. The number of carbonyl (C=O) groups excluding carboxylic acids is 1. The molecule has 104 valence electrons. The Kier molecular flexibility index (Phi) is 3.62. The van der Waals surface area contributed by atoms with Crippen molar-refractivity contribution in [1.82, 2.24) is 0 Å². The van der Waals surface area contributed by atoms with Crippen molar-refractivity contribution in [3.05, 3.63) is 59.4 Å². The minimum absolute atomic E-state index is 0.208. The molecule has 3 heteroatoms. The van der Waals surface area contributed by atoms with Crippen LogP contribution in [-0.2, 0) is 10.2 Å². The largest absolute Gasteiger partial charge is 0.369 e. The van der Waals surface area contributed by atoms with Crippen LogP contribution in [0.3, 0.4) is 0 Å². The van der Waals surface area contributed by atoms with Gasteiger partial charge in [0.2, 0.25) is 5.91 Å². The van der Waals surface area contributed by atoms with Crippen molar-refractivity contribution in [2.75, 3.05) is 0 Å². The highest BCUT2D eigenvalue weighted by Gasteiger charge is 2.26. The molecule has 0 bridgehead atoms. The lowest BCUT2D eigenvalue weighted by Gasteiger charge is -2.21. The first kappa shape index (κ1) is 14.3. The molecule has 2 aromatic rings. The highest BCUT2D eigenvalue weighted by molar-refractivity contribution is 5.86. The van der Waals surface area contributed by atoms with Crippen LogP contribution >= 0.6 is 0 Å². The summed E-state index contributed by atoms with van der Waals surface area (Å²) in [4.78, 5) is 11.4. The van der Waals surface area contributed by atoms with E-state index in [0.717, 1.165) is 16.7 Å². The predicted molar refractivity (Wildman–Crippen MR) is 78.8 cm³/mol. The van der Waals surface area contributed by atoms with E-state index in [1.165, 1.54) is 6.07 Å². The lowest BCUT2D eigenvalue weighted by atomic mass is 9.83. The number of amides is 1. The first-order chi connectivity index (χ1) is 9.32. The molecule has 0 aliphatic carbocycles. The highest BCUT2D eigenvalue weighted by atomic mass is 19.1. The average Bonchev–Trinajstić information content (AvgIpc) is 2.42. The fourth-order valence-corrected chi connectivity index (χ4v) is 2.05. The summed E-state index contributed by atoms with van der Waals surface area (Å²) in [5, 5.41) is 0. The van der Waals surface area contributed by atoms with E-state index in [0.29, 0.717) is 5.56 Å². The van der Waals surface area contributed by atoms with Crippen molar-refractivity contribution >= 4 is 5.91 Å². The normalized spacial score (nSPS) is 11.4. The van der Waals surface area contributed by atoms with Crippen LogP contribution in [0.2, 0.25) is 0 Å². The fourth-order valence-electron chi connectivity index (χ4n) is 2.05. The Morgan fingerprint density at radius 2 is 1.60 bits per heavy atom. The van der Waals surface area contributed by atoms with Crippen LogP contribution in [0.15, 0.2) is 42.5 Å². The molecule has 0 unspecified atom stereocenters. The molecule has 0 saturated heterocycles. The third kappa shape index (κ3) is 2.57. The van der Waals surface area contributed by atoms with Crippen LogP contribution < -0.4 is 5.73 Å². The lowest BCUT2D eigenvalue weighted by Crippen LogP contribution is -2.35. The first-order valence-corrected chi connectivity index (χ1v) is 6.49. The summed E-state index contributed by atoms with van der Waals surface area (Å²) < 4.78 is 13.3. The smallest absolute Gasteiger partial charge is 0.227 e. The zero-order chi connectivity index (χ0) is 14.9. The molecule has 2 aromatic carbocycles. The Morgan fingerprint density at radius 1 is 1.05 bits per heavy atom. The standard InChI is InChI=1S/C17H18FNO/c1-11-10-13(6-9-15(11)18)12-4-7-14(8-5-12)17(2,3)16(19)20/h4-10H,1-3H3,(H2,19,20). The molecule has 20 heavy (non-hydrogen) atoms. The summed E-state index contributed by atoms with van der Waals surface area (Å²) in [5.74, 6) is -0.567. The van der Waals surface area contributed by atoms with Gasteiger partial charge in [0, 0.05) is 0 Å². The molecule has 0 heterocycles. The van der Waals surface area contributed by atoms with Gasteiger partial charge in [-0.2, -0.15) is 0 Å². The molecule has 0 saturated carbocycles. The second-order valence-corrected chi connectivity index (χ2v) is 5.53. The van der Waals surface area contributed by atoms with Crippen molar-refractivity contribution in [1.29, 1.82) is 0 Å². The molecule has 0 aliphatic rings. The van der Waals surface area contributed by atoms with E-state index < -0.39 is 5.41 Å². The van der Waals surface area contributed by atoms with Gasteiger partial charge in [0.15, 0.2) is 0 Å². The van der Waals surface area contributed by atoms with Crippen molar-refractivity contribution < 1.29 is 9.18 Å². The molecule has 0 radical (unpaired) electrons. The molecule has 2 nitrogen and oxygen atoms in total. The molecular formula is C17H18FNO. The number of halogens is 1. The van der Waals surface area contributed by atoms with Gasteiger partial charge in [-0.05, 0) is 55.2 Å². The number of nitrogens with two attached hydrogens (primary N) is 1. The number of hydrogen-bond acceptors (Lipinski definition) is 1. The second-order valence-electron chi connectivity index (χ2n) is 5.53. The van der Waals surface area contributed by atoms with E-state index in [2.05, 4.69) is 0 Å². The monoisotopic (exact) mass is 271 g/mol. The van der Waals surface area contributed by atoms with Crippen LogP contribution in [0.4, 0.5) is 4.39 Å². The van der Waals surface area contributed by atoms with E-state index >= 15 is 0 Å². The maximum Gasteiger partial charge on any atom is 0.227 e. The third-order valence-corrected chi connectivity index (χ3v) is 3.71. The summed E-state index contributed by atoms with van der Waals surface area (Å²) in [7, 11) is 0. The summed E-state index contributed by atoms with van der Waals surface area (Å²) >= 11 is 0. The third-order valence-electron chi connectivity index (χ3n) is 3.71. The molecule has 0 spiro atoms. The molecular weight excluding hydrogens is 253 g/mol. The van der Waals surface area contributed by atoms with Gasteiger partial charge in [0.1, 0.15) is 5.82 Å². The Balaban J connectivity index is 2.37. The summed E-state index contributed by atoms with van der Waals surface area (Å²) in [5.41, 5.74) is 8.13. The van der Waals surface area contributed by atoms with Crippen molar-refractivity contribution in [2.45, 2.75) is 26.2 Å². The SMILES string of the molecule is Cc1cc(-c2ccc(C(C)(C)C(N)=O)cc2)ccc1F. The van der Waals surface area contributed by atoms with Gasteiger partial charge in [0.25, 0.3) is 0 Å². The van der Waals surface area contributed by atoms with Crippen molar-refractivity contribution in [3.8, 4) is 11.1 Å². The van der Waals surface area contributed by atoms with Crippen LogP contribution in [0, 0.1) is 12.7 Å². The number of carbonyl (C=O) groups is 1. The molecule has 0 fully saturated rings. The van der Waals surface area contributed by atoms with Gasteiger partial charge >= 0.3 is 0 Å². The van der Waals surface area contributed by atoms with E-state index in [4.69, 9.17) is 5.73 Å². The minimum Gasteiger partial charge on any atom is -0.369 e. The summed E-state index contributed by atoms with van der Waals surface area (Å²) in [6.07, 6.45) is 0. The van der Waals surface area contributed by atoms with E-state index in [9.17, 15) is 9.18 Å². The maximum absolute atomic E-state index is 13.3. The first-order valence-electron chi connectivity index (χ1n) is 6.49. The van der Waals surface area contributed by atoms with Gasteiger partial charge in [-0.25, -0.2) is 4.39 Å². The highest BCUT2D eigenvalue weighted by Crippen LogP contribution is 2.27. The lowest BCUT2D eigenvalue weighted by molar-refractivity contribution is -0.122. The van der Waals surface area contributed by atoms with Crippen molar-refractivity contribution in [2.24, 2.45) is 5.73 Å². The predicted octanol–water partition coefficient (Wildman–Crippen LogP) is 3.56. The average molecular weight is 271 g/mol. The Morgan fingerprint density at radius 3 is 2.10 bits per heavy atom. The Labute approximate surface area is 118 Å². The fraction of sp³-hybridized carbons (Fsp3) is 0.235. The number of hydrogen-bond donors (Lipinski definition) is 1. The topological polar surface area (TPSA) is 43.1 Å². The van der Waals surface area contributed by atoms with Gasteiger partial charge in [0.05, 0.1) is 5.41 Å². The quantitative estimate of drug-likeness (QED) is 0.911. The van der Waals surface area contributed by atoms with E-state index in [1.807, 2.05) is 30.3 Å². The molecule has 2 N–H and O–H groups in total. The van der Waals surface area contributed by atoms with Crippen LogP contribution in [-0.4, -0.2) is 5.91 Å². The molecule has 0 aliphatic heterocycles. The van der Waals surface area contributed by atoms with Crippen molar-refractivity contribution in [3.63, 3.8) is 0 Å².